The standard InChI is InChI=1S/C11H11Cl2N5O2/c1-6(2)16-11-9(18(19)20)5-15-17(11)10-8(13)3-7(12)4-14-10/h3-6,16H,1-2H3. The lowest BCUT2D eigenvalue weighted by Crippen LogP contribution is -2.15. The number of halogens is 2. The van der Waals surface area contributed by atoms with Gasteiger partial charge in [-0.2, -0.15) is 9.78 Å². The molecule has 0 amide bonds. The van der Waals surface area contributed by atoms with E-state index < -0.39 is 4.92 Å². The molecule has 0 fully saturated rings. The van der Waals surface area contributed by atoms with Crippen LogP contribution < -0.4 is 5.32 Å². The summed E-state index contributed by atoms with van der Waals surface area (Å²) < 4.78 is 1.29. The monoisotopic (exact) mass is 315 g/mol. The van der Waals surface area contributed by atoms with Gasteiger partial charge in [-0.25, -0.2) is 4.98 Å². The third-order valence-corrected chi connectivity index (χ3v) is 2.85. The van der Waals surface area contributed by atoms with Crippen LogP contribution in [0.4, 0.5) is 11.5 Å². The molecule has 0 radical (unpaired) electrons. The summed E-state index contributed by atoms with van der Waals surface area (Å²) in [4.78, 5) is 14.6. The molecule has 106 valence electrons. The minimum Gasteiger partial charge on any atom is -0.362 e. The van der Waals surface area contributed by atoms with Gasteiger partial charge in [0.25, 0.3) is 0 Å². The first-order chi connectivity index (χ1) is 9.40. The van der Waals surface area contributed by atoms with Crippen LogP contribution in [0.25, 0.3) is 5.82 Å². The third-order valence-electron chi connectivity index (χ3n) is 2.36. The van der Waals surface area contributed by atoms with Crippen molar-refractivity contribution in [1.82, 2.24) is 14.8 Å². The van der Waals surface area contributed by atoms with Crippen molar-refractivity contribution in [3.8, 4) is 5.82 Å². The molecule has 1 N–H and O–H groups in total. The summed E-state index contributed by atoms with van der Waals surface area (Å²) >= 11 is 11.8. The van der Waals surface area contributed by atoms with Crippen molar-refractivity contribution < 1.29 is 4.92 Å². The van der Waals surface area contributed by atoms with Crippen molar-refractivity contribution in [2.45, 2.75) is 19.9 Å². The maximum atomic E-state index is 11.0. The zero-order chi connectivity index (χ0) is 14.9. The Kier molecular flexibility index (Phi) is 4.10. The molecule has 0 atom stereocenters. The van der Waals surface area contributed by atoms with E-state index in [0.717, 1.165) is 6.20 Å². The van der Waals surface area contributed by atoms with Gasteiger partial charge in [-0.05, 0) is 19.9 Å². The molecule has 7 nitrogen and oxygen atoms in total. The lowest BCUT2D eigenvalue weighted by Gasteiger charge is -2.12. The molecule has 0 saturated carbocycles. The summed E-state index contributed by atoms with van der Waals surface area (Å²) in [6.45, 7) is 3.72. The number of rotatable bonds is 4. The molecule has 0 aliphatic carbocycles. The molecule has 0 unspecified atom stereocenters. The van der Waals surface area contributed by atoms with E-state index in [9.17, 15) is 10.1 Å². The molecule has 20 heavy (non-hydrogen) atoms. The molecule has 0 aromatic carbocycles. The van der Waals surface area contributed by atoms with Crippen molar-refractivity contribution in [2.24, 2.45) is 0 Å². The van der Waals surface area contributed by atoms with E-state index in [4.69, 9.17) is 23.2 Å². The van der Waals surface area contributed by atoms with Crippen molar-refractivity contribution in [1.29, 1.82) is 0 Å². The Morgan fingerprint density at radius 2 is 2.10 bits per heavy atom. The highest BCUT2D eigenvalue weighted by molar-refractivity contribution is 6.35. The molecule has 0 spiro atoms. The normalized spacial score (nSPS) is 10.8. The van der Waals surface area contributed by atoms with Crippen molar-refractivity contribution >= 4 is 34.7 Å². The summed E-state index contributed by atoms with van der Waals surface area (Å²) in [5.41, 5.74) is -0.147. The van der Waals surface area contributed by atoms with Gasteiger partial charge in [0.05, 0.1) is 15.0 Å². The Morgan fingerprint density at radius 3 is 2.65 bits per heavy atom. The van der Waals surface area contributed by atoms with Crippen LogP contribution in [0, 0.1) is 10.1 Å². The van der Waals surface area contributed by atoms with Crippen LogP contribution in [0.3, 0.4) is 0 Å². The lowest BCUT2D eigenvalue weighted by atomic mass is 10.3. The molecular formula is C11H11Cl2N5O2. The fourth-order valence-electron chi connectivity index (χ4n) is 1.61. The maximum Gasteiger partial charge on any atom is 0.331 e. The molecule has 9 heteroatoms. The highest BCUT2D eigenvalue weighted by Gasteiger charge is 2.23. The van der Waals surface area contributed by atoms with Crippen molar-refractivity contribution in [2.75, 3.05) is 5.32 Å². The second-order valence-electron chi connectivity index (χ2n) is 4.31. The summed E-state index contributed by atoms with van der Waals surface area (Å²) in [5, 5.41) is 18.6. The van der Waals surface area contributed by atoms with Crippen LogP contribution in [-0.4, -0.2) is 25.7 Å². The van der Waals surface area contributed by atoms with E-state index in [2.05, 4.69) is 15.4 Å². The van der Waals surface area contributed by atoms with Gasteiger partial charge in [-0.15, -0.1) is 0 Å². The number of nitrogens with one attached hydrogen (secondary N) is 1. The average Bonchev–Trinajstić information content (AvgIpc) is 2.72. The Hall–Kier alpha value is -1.86. The lowest BCUT2D eigenvalue weighted by molar-refractivity contribution is -0.384. The van der Waals surface area contributed by atoms with Gasteiger partial charge in [-0.3, -0.25) is 10.1 Å². The van der Waals surface area contributed by atoms with Gasteiger partial charge in [0.1, 0.15) is 6.20 Å². The number of anilines is 1. The number of nitro groups is 1. The van der Waals surface area contributed by atoms with Gasteiger partial charge in [0.15, 0.2) is 5.82 Å². The predicted octanol–water partition coefficient (Wildman–Crippen LogP) is 3.30. The van der Waals surface area contributed by atoms with Crippen molar-refractivity contribution in [3.05, 3.63) is 38.6 Å². The van der Waals surface area contributed by atoms with Crippen LogP contribution in [0.1, 0.15) is 13.8 Å². The molecule has 0 aliphatic heterocycles. The van der Waals surface area contributed by atoms with Crippen molar-refractivity contribution in [3.63, 3.8) is 0 Å². The molecule has 2 rings (SSSR count). The summed E-state index contributed by atoms with van der Waals surface area (Å²) in [6.07, 6.45) is 2.55. The van der Waals surface area contributed by atoms with Gasteiger partial charge >= 0.3 is 5.69 Å². The fourth-order valence-corrected chi connectivity index (χ4v) is 2.07. The Morgan fingerprint density at radius 1 is 1.40 bits per heavy atom. The number of aromatic nitrogens is 3. The number of hydrogen-bond donors (Lipinski definition) is 1. The second-order valence-corrected chi connectivity index (χ2v) is 5.15. The Bertz CT molecular complexity index is 656. The first-order valence-corrected chi connectivity index (χ1v) is 6.46. The van der Waals surface area contributed by atoms with Gasteiger partial charge in [0.2, 0.25) is 5.82 Å². The molecule has 0 saturated heterocycles. The summed E-state index contributed by atoms with van der Waals surface area (Å²) in [5.74, 6) is 0.494. The largest absolute Gasteiger partial charge is 0.362 e. The van der Waals surface area contributed by atoms with E-state index in [1.165, 1.54) is 16.9 Å². The Labute approximate surface area is 124 Å². The van der Waals surface area contributed by atoms with E-state index >= 15 is 0 Å². The summed E-state index contributed by atoms with van der Waals surface area (Å²) in [7, 11) is 0. The minimum absolute atomic E-state index is 0.0183. The first-order valence-electron chi connectivity index (χ1n) is 5.70. The van der Waals surface area contributed by atoms with Crippen LogP contribution in [0.5, 0.6) is 0 Å². The van der Waals surface area contributed by atoms with Gasteiger partial charge < -0.3 is 5.32 Å². The number of hydrogen-bond acceptors (Lipinski definition) is 5. The molecule has 2 heterocycles. The van der Waals surface area contributed by atoms with Crippen LogP contribution in [0.2, 0.25) is 10.0 Å². The van der Waals surface area contributed by atoms with Gasteiger partial charge in [0, 0.05) is 12.2 Å². The maximum absolute atomic E-state index is 11.0. The van der Waals surface area contributed by atoms with E-state index in [1.54, 1.807) is 0 Å². The fraction of sp³-hybridized carbons (Fsp3) is 0.273. The predicted molar refractivity (Wildman–Crippen MR) is 76.8 cm³/mol. The quantitative estimate of drug-likeness (QED) is 0.691. The SMILES string of the molecule is CC(C)Nc1c([N+](=O)[O-])cnn1-c1ncc(Cl)cc1Cl. The molecule has 2 aromatic heterocycles. The smallest absolute Gasteiger partial charge is 0.331 e. The highest BCUT2D eigenvalue weighted by atomic mass is 35.5. The van der Waals surface area contributed by atoms with E-state index in [1.807, 2.05) is 13.8 Å². The third kappa shape index (κ3) is 2.83. The topological polar surface area (TPSA) is 85.9 Å². The van der Waals surface area contributed by atoms with Crippen LogP contribution >= 0.6 is 23.2 Å². The first kappa shape index (κ1) is 14.5. The Balaban J connectivity index is 2.58. The summed E-state index contributed by atoms with van der Waals surface area (Å²) in [6, 6.07) is 1.48. The number of nitrogens with zero attached hydrogens (tertiary/aromatic N) is 4. The highest BCUT2D eigenvalue weighted by Crippen LogP contribution is 2.30. The average molecular weight is 316 g/mol. The zero-order valence-electron chi connectivity index (χ0n) is 10.7. The minimum atomic E-state index is -0.516. The van der Waals surface area contributed by atoms with E-state index in [0.29, 0.717) is 5.02 Å². The van der Waals surface area contributed by atoms with E-state index in [-0.39, 0.29) is 28.4 Å². The second kappa shape index (κ2) is 5.64. The molecular weight excluding hydrogens is 305 g/mol. The van der Waals surface area contributed by atoms with Crippen LogP contribution in [0.15, 0.2) is 18.5 Å². The molecule has 2 aromatic rings. The van der Waals surface area contributed by atoms with Gasteiger partial charge in [-0.1, -0.05) is 23.2 Å². The molecule has 0 bridgehead atoms. The zero-order valence-corrected chi connectivity index (χ0v) is 12.2. The number of pyridine rings is 1. The van der Waals surface area contributed by atoms with Crippen LogP contribution in [-0.2, 0) is 0 Å². The molecule has 0 aliphatic rings.